The van der Waals surface area contributed by atoms with Gasteiger partial charge in [0, 0.05) is 18.4 Å². The first-order valence-corrected chi connectivity index (χ1v) is 10.5. The van der Waals surface area contributed by atoms with Crippen LogP contribution in [0.1, 0.15) is 65.6 Å². The summed E-state index contributed by atoms with van der Waals surface area (Å²) in [6.45, 7) is 3.33. The van der Waals surface area contributed by atoms with E-state index in [0.717, 1.165) is 53.9 Å². The zero-order valence-corrected chi connectivity index (χ0v) is 16.7. The van der Waals surface area contributed by atoms with Crippen LogP contribution in [-0.4, -0.2) is 28.5 Å². The lowest BCUT2D eigenvalue weighted by Crippen LogP contribution is -2.17. The quantitative estimate of drug-likeness (QED) is 0.599. The van der Waals surface area contributed by atoms with E-state index in [2.05, 4.69) is 48.4 Å². The van der Waals surface area contributed by atoms with Gasteiger partial charge in [-0.2, -0.15) is 4.37 Å². The first-order chi connectivity index (χ1) is 13.2. The van der Waals surface area contributed by atoms with Crippen LogP contribution in [0.3, 0.4) is 0 Å². The second kappa shape index (κ2) is 6.96. The van der Waals surface area contributed by atoms with Crippen LogP contribution in [0, 0.1) is 6.92 Å². The van der Waals surface area contributed by atoms with E-state index in [9.17, 15) is 0 Å². The van der Waals surface area contributed by atoms with Crippen LogP contribution in [0.4, 0.5) is 0 Å². The molecular weight excluding hydrogens is 380 g/mol. The molecule has 27 heavy (non-hydrogen) atoms. The van der Waals surface area contributed by atoms with E-state index in [-0.39, 0.29) is 0 Å². The predicted octanol–water partition coefficient (Wildman–Crippen LogP) is 4.34. The summed E-state index contributed by atoms with van der Waals surface area (Å²) in [6.07, 6.45) is 4.39. The number of fused-ring (bicyclic) bond motifs is 3. The smallest absolute Gasteiger partial charge is 0.153 e. The molecule has 2 aliphatic rings. The Morgan fingerprint density at radius 1 is 1.04 bits per heavy atom. The maximum Gasteiger partial charge on any atom is 0.153 e. The van der Waals surface area contributed by atoms with Gasteiger partial charge in [-0.15, -0.1) is 10.2 Å². The number of hydrogen-bond acceptors (Lipinski definition) is 6. The summed E-state index contributed by atoms with van der Waals surface area (Å²) in [5, 5.41) is 10.1. The van der Waals surface area contributed by atoms with Gasteiger partial charge in [0.1, 0.15) is 16.7 Å². The Bertz CT molecular complexity index is 959. The average molecular weight is 401 g/mol. The number of halogens is 1. The van der Waals surface area contributed by atoms with Crippen LogP contribution in [-0.2, 0) is 13.1 Å². The van der Waals surface area contributed by atoms with Crippen molar-refractivity contribution in [3.63, 3.8) is 0 Å². The molecule has 0 saturated heterocycles. The van der Waals surface area contributed by atoms with Gasteiger partial charge in [-0.1, -0.05) is 18.2 Å². The highest BCUT2D eigenvalue weighted by molar-refractivity contribution is 7.05. The monoisotopic (exact) mass is 400 g/mol. The third-order valence-electron chi connectivity index (χ3n) is 5.64. The number of aryl methyl sites for hydroxylation is 1. The van der Waals surface area contributed by atoms with Gasteiger partial charge < -0.3 is 0 Å². The molecule has 0 atom stereocenters. The van der Waals surface area contributed by atoms with E-state index >= 15 is 0 Å². The molecular formula is C19H21ClN6S. The van der Waals surface area contributed by atoms with Crippen molar-refractivity contribution in [2.75, 3.05) is 0 Å². The molecule has 140 valence electrons. The third-order valence-corrected chi connectivity index (χ3v) is 6.52. The minimum absolute atomic E-state index is 0.414. The average Bonchev–Trinajstić information content (AvgIpc) is 3.25. The Kier molecular flexibility index (Phi) is 4.46. The molecule has 0 radical (unpaired) electrons. The van der Waals surface area contributed by atoms with Gasteiger partial charge in [-0.3, -0.25) is 4.57 Å². The Hall–Kier alpha value is -1.83. The van der Waals surface area contributed by atoms with E-state index < -0.39 is 0 Å². The van der Waals surface area contributed by atoms with E-state index in [1.54, 1.807) is 4.42 Å². The van der Waals surface area contributed by atoms with Crippen molar-refractivity contribution in [3.05, 3.63) is 52.3 Å². The summed E-state index contributed by atoms with van der Waals surface area (Å²) < 4.78 is 8.55. The molecule has 8 heteroatoms. The molecule has 2 aromatic heterocycles. The lowest BCUT2D eigenvalue weighted by atomic mass is 9.81. The number of rotatable bonds is 2. The number of nitrogens with zero attached hydrogens (tertiary/aromatic N) is 6. The molecule has 0 N–H and O–H groups in total. The number of benzene rings is 1. The van der Waals surface area contributed by atoms with Crippen molar-refractivity contribution >= 4 is 23.3 Å². The van der Waals surface area contributed by atoms with Crippen LogP contribution in [0.25, 0.3) is 5.69 Å². The maximum atomic E-state index is 6.40. The molecule has 6 nitrogen and oxygen atoms in total. The van der Waals surface area contributed by atoms with Gasteiger partial charge in [0.2, 0.25) is 0 Å². The van der Waals surface area contributed by atoms with Crippen molar-refractivity contribution in [3.8, 4) is 5.69 Å². The van der Waals surface area contributed by atoms with E-state index in [1.165, 1.54) is 17.1 Å². The highest BCUT2D eigenvalue weighted by Gasteiger charge is 2.31. The molecule has 1 aliphatic carbocycles. The number of para-hydroxylation sites is 1. The Balaban J connectivity index is 1.44. The summed E-state index contributed by atoms with van der Waals surface area (Å²) in [5.74, 6) is 3.91. The Morgan fingerprint density at radius 2 is 1.81 bits per heavy atom. The van der Waals surface area contributed by atoms with Gasteiger partial charge >= 0.3 is 0 Å². The molecule has 5 rings (SSSR count). The van der Waals surface area contributed by atoms with Crippen LogP contribution < -0.4 is 0 Å². The fourth-order valence-corrected chi connectivity index (χ4v) is 5.09. The van der Waals surface area contributed by atoms with Gasteiger partial charge in [0.15, 0.2) is 5.82 Å². The van der Waals surface area contributed by atoms with Crippen molar-refractivity contribution < 1.29 is 0 Å². The Labute approximate surface area is 167 Å². The third kappa shape index (κ3) is 3.17. The molecule has 1 aliphatic heterocycles. The van der Waals surface area contributed by atoms with Crippen molar-refractivity contribution in [1.29, 1.82) is 0 Å². The number of aromatic nitrogens is 5. The van der Waals surface area contributed by atoms with Crippen LogP contribution in [0.2, 0.25) is 0 Å². The maximum absolute atomic E-state index is 6.40. The number of hydrogen-bond donors (Lipinski definition) is 0. The first-order valence-electron chi connectivity index (χ1n) is 9.42. The first kappa shape index (κ1) is 17.3. The topological polar surface area (TPSA) is 59.7 Å². The van der Waals surface area contributed by atoms with E-state index in [1.807, 2.05) is 6.92 Å². The normalized spacial score (nSPS) is 22.9. The Morgan fingerprint density at radius 3 is 2.59 bits per heavy atom. The standard InChI is InChI=1S/C19H21ClN6S/c1-12-21-18(24-27-12)13-6-8-14(9-7-13)19-23-22-17-11-25(20)10-15-4-2-3-5-16(15)26(17)19/h2-5,13-14H,6-11H2,1H3. The molecule has 1 aromatic carbocycles. The fourth-order valence-electron chi connectivity index (χ4n) is 4.31. The molecule has 0 amide bonds. The molecule has 1 saturated carbocycles. The SMILES string of the molecule is Cc1nc(C2CCC(c3nnc4n3-c3ccccc3CN(Cl)C4)CC2)ns1. The van der Waals surface area contributed by atoms with Crippen molar-refractivity contribution in [2.45, 2.75) is 57.5 Å². The van der Waals surface area contributed by atoms with Crippen molar-refractivity contribution in [1.82, 2.24) is 28.5 Å². The molecule has 0 bridgehead atoms. The molecule has 3 heterocycles. The van der Waals surface area contributed by atoms with Gasteiger partial charge in [-0.05, 0) is 67.5 Å². The highest BCUT2D eigenvalue weighted by atomic mass is 35.5. The lowest BCUT2D eigenvalue weighted by molar-refractivity contribution is 0.373. The molecule has 0 unspecified atom stereocenters. The fraction of sp³-hybridized carbons (Fsp3) is 0.474. The predicted molar refractivity (Wildman–Crippen MR) is 105 cm³/mol. The molecule has 3 aromatic rings. The van der Waals surface area contributed by atoms with E-state index in [0.29, 0.717) is 24.9 Å². The van der Waals surface area contributed by atoms with E-state index in [4.69, 9.17) is 11.8 Å². The highest BCUT2D eigenvalue weighted by Crippen LogP contribution is 2.40. The van der Waals surface area contributed by atoms with Crippen LogP contribution in [0.15, 0.2) is 24.3 Å². The minimum atomic E-state index is 0.414. The van der Waals surface area contributed by atoms with Crippen LogP contribution >= 0.6 is 23.3 Å². The van der Waals surface area contributed by atoms with Gasteiger partial charge in [0.25, 0.3) is 0 Å². The second-order valence-corrected chi connectivity index (χ2v) is 8.87. The minimum Gasteiger partial charge on any atom is -0.281 e. The summed E-state index contributed by atoms with van der Waals surface area (Å²) in [6, 6.07) is 8.42. The van der Waals surface area contributed by atoms with Gasteiger partial charge in [0.05, 0.1) is 12.2 Å². The van der Waals surface area contributed by atoms with Gasteiger partial charge in [-0.25, -0.2) is 9.40 Å². The zero-order valence-electron chi connectivity index (χ0n) is 15.2. The summed E-state index contributed by atoms with van der Waals surface area (Å²) in [5.41, 5.74) is 2.37. The second-order valence-electron chi connectivity index (χ2n) is 7.44. The largest absolute Gasteiger partial charge is 0.281 e. The summed E-state index contributed by atoms with van der Waals surface area (Å²) >= 11 is 7.91. The van der Waals surface area contributed by atoms with Crippen LogP contribution in [0.5, 0.6) is 0 Å². The summed E-state index contributed by atoms with van der Waals surface area (Å²) in [7, 11) is 0. The zero-order chi connectivity index (χ0) is 18.4. The summed E-state index contributed by atoms with van der Waals surface area (Å²) in [4.78, 5) is 4.60. The molecule has 0 spiro atoms. The molecule has 1 fully saturated rings. The lowest BCUT2D eigenvalue weighted by Gasteiger charge is -2.27. The van der Waals surface area contributed by atoms with Crippen molar-refractivity contribution in [2.24, 2.45) is 0 Å².